The third-order valence-electron chi connectivity index (χ3n) is 2.38. The molecule has 1 rings (SSSR count). The van der Waals surface area contributed by atoms with Crippen LogP contribution < -0.4 is 10.1 Å². The average molecular weight is 266 g/mol. The molecular weight excluding hydrogens is 248 g/mol. The maximum absolute atomic E-state index is 9.63. The third kappa shape index (κ3) is 6.18. The Kier molecular flexibility index (Phi) is 6.85. The van der Waals surface area contributed by atoms with Crippen molar-refractivity contribution in [3.63, 3.8) is 0 Å². The Labute approximate surface area is 111 Å². The van der Waals surface area contributed by atoms with Gasteiger partial charge in [0.15, 0.2) is 0 Å². The lowest BCUT2D eigenvalue weighted by atomic mass is 10.2. The third-order valence-corrected chi connectivity index (χ3v) is 2.38. The van der Waals surface area contributed by atoms with Crippen molar-refractivity contribution >= 4 is 0 Å². The monoisotopic (exact) mass is 266 g/mol. The maximum atomic E-state index is 9.63. The van der Waals surface area contributed by atoms with Gasteiger partial charge in [0.2, 0.25) is 0 Å². The van der Waals surface area contributed by atoms with Crippen LogP contribution in [0.4, 0.5) is 0 Å². The van der Waals surface area contributed by atoms with Crippen molar-refractivity contribution in [3.05, 3.63) is 29.8 Å². The van der Waals surface area contributed by atoms with Gasteiger partial charge in [-0.25, -0.2) is 0 Å². The van der Waals surface area contributed by atoms with Crippen LogP contribution in [-0.2, 0) is 0 Å². The standard InChI is InChI=1S/C13H18N2O4/c14-5-10-2-1-3-13(4-10)19-9-12(18)7-15-6-11(17)8-16/h1-4,11-12,15-18H,6-9H2. The van der Waals surface area contributed by atoms with E-state index in [9.17, 15) is 5.11 Å². The molecule has 0 radical (unpaired) electrons. The van der Waals surface area contributed by atoms with Gasteiger partial charge >= 0.3 is 0 Å². The Morgan fingerprint density at radius 2 is 2.00 bits per heavy atom. The Morgan fingerprint density at radius 3 is 2.68 bits per heavy atom. The number of hydrogen-bond acceptors (Lipinski definition) is 6. The van der Waals surface area contributed by atoms with Gasteiger partial charge in [-0.05, 0) is 18.2 Å². The van der Waals surface area contributed by atoms with Crippen molar-refractivity contribution in [2.45, 2.75) is 12.2 Å². The molecule has 0 saturated heterocycles. The fourth-order valence-electron chi connectivity index (χ4n) is 1.39. The van der Waals surface area contributed by atoms with E-state index in [1.165, 1.54) is 0 Å². The first-order valence-electron chi connectivity index (χ1n) is 5.96. The molecule has 0 aliphatic carbocycles. The van der Waals surface area contributed by atoms with Crippen LogP contribution in [0.5, 0.6) is 5.75 Å². The predicted octanol–water partition coefficient (Wildman–Crippen LogP) is -0.759. The summed E-state index contributed by atoms with van der Waals surface area (Å²) in [5.41, 5.74) is 0.496. The summed E-state index contributed by atoms with van der Waals surface area (Å²) in [6, 6.07) is 8.67. The van der Waals surface area contributed by atoms with Crippen LogP contribution in [0.25, 0.3) is 0 Å². The van der Waals surface area contributed by atoms with Gasteiger partial charge in [0, 0.05) is 13.1 Å². The van der Waals surface area contributed by atoms with Crippen LogP contribution >= 0.6 is 0 Å². The van der Waals surface area contributed by atoms with Crippen molar-refractivity contribution in [2.75, 3.05) is 26.3 Å². The minimum atomic E-state index is -0.833. The molecule has 0 heterocycles. The van der Waals surface area contributed by atoms with Crippen LogP contribution in [0.15, 0.2) is 24.3 Å². The van der Waals surface area contributed by atoms with Gasteiger partial charge in [0.25, 0.3) is 0 Å². The Hall–Kier alpha value is -1.65. The Bertz CT molecular complexity index is 419. The van der Waals surface area contributed by atoms with E-state index in [-0.39, 0.29) is 26.3 Å². The molecule has 0 aliphatic rings. The topological polar surface area (TPSA) is 106 Å². The smallest absolute Gasteiger partial charge is 0.120 e. The molecule has 19 heavy (non-hydrogen) atoms. The van der Waals surface area contributed by atoms with Crippen molar-refractivity contribution in [1.29, 1.82) is 5.26 Å². The molecule has 0 bridgehead atoms. The summed E-state index contributed by atoms with van der Waals surface area (Å²) in [6.07, 6.45) is -1.57. The van der Waals surface area contributed by atoms with Gasteiger partial charge in [-0.15, -0.1) is 0 Å². The molecule has 0 aliphatic heterocycles. The number of aliphatic hydroxyl groups excluding tert-OH is 3. The van der Waals surface area contributed by atoms with Gasteiger partial charge in [-0.1, -0.05) is 6.07 Å². The molecule has 0 fully saturated rings. The highest BCUT2D eigenvalue weighted by Crippen LogP contribution is 2.12. The summed E-state index contributed by atoms with van der Waals surface area (Å²) < 4.78 is 5.34. The summed E-state index contributed by atoms with van der Waals surface area (Å²) in [6.45, 7) is 0.212. The first-order valence-corrected chi connectivity index (χ1v) is 5.96. The first-order chi connectivity index (χ1) is 9.15. The van der Waals surface area contributed by atoms with Gasteiger partial charge in [-0.2, -0.15) is 5.26 Å². The van der Waals surface area contributed by atoms with E-state index in [2.05, 4.69) is 5.32 Å². The van der Waals surface area contributed by atoms with Crippen LogP contribution in [-0.4, -0.2) is 53.8 Å². The molecule has 0 saturated carbocycles. The normalized spacial score (nSPS) is 13.6. The highest BCUT2D eigenvalue weighted by molar-refractivity contribution is 5.36. The molecule has 0 spiro atoms. The second-order valence-corrected chi connectivity index (χ2v) is 4.10. The number of nitriles is 1. The quantitative estimate of drug-likeness (QED) is 0.493. The highest BCUT2D eigenvalue weighted by atomic mass is 16.5. The van der Waals surface area contributed by atoms with Crippen LogP contribution in [0, 0.1) is 11.3 Å². The molecule has 6 nitrogen and oxygen atoms in total. The van der Waals surface area contributed by atoms with E-state index in [0.717, 1.165) is 0 Å². The second-order valence-electron chi connectivity index (χ2n) is 4.10. The zero-order valence-electron chi connectivity index (χ0n) is 10.5. The number of aliphatic hydroxyl groups is 3. The van der Waals surface area contributed by atoms with E-state index in [1.54, 1.807) is 24.3 Å². The van der Waals surface area contributed by atoms with Crippen molar-refractivity contribution in [2.24, 2.45) is 0 Å². The number of hydrogen-bond donors (Lipinski definition) is 4. The van der Waals surface area contributed by atoms with Crippen LogP contribution in [0.2, 0.25) is 0 Å². The molecular formula is C13H18N2O4. The molecule has 0 aromatic heterocycles. The highest BCUT2D eigenvalue weighted by Gasteiger charge is 2.07. The summed E-state index contributed by atoms with van der Waals surface area (Å²) >= 11 is 0. The van der Waals surface area contributed by atoms with Crippen LogP contribution in [0.1, 0.15) is 5.56 Å². The second kappa shape index (κ2) is 8.45. The molecule has 0 amide bonds. The summed E-state index contributed by atoms with van der Waals surface area (Å²) in [7, 11) is 0. The van der Waals surface area contributed by atoms with Crippen molar-refractivity contribution in [1.82, 2.24) is 5.32 Å². The van der Waals surface area contributed by atoms with Crippen molar-refractivity contribution in [3.8, 4) is 11.8 Å². The zero-order chi connectivity index (χ0) is 14.1. The summed E-state index contributed by atoms with van der Waals surface area (Å²) in [5.74, 6) is 0.522. The predicted molar refractivity (Wildman–Crippen MR) is 68.6 cm³/mol. The van der Waals surface area contributed by atoms with Gasteiger partial charge in [-0.3, -0.25) is 0 Å². The minimum Gasteiger partial charge on any atom is -0.491 e. The summed E-state index contributed by atoms with van der Waals surface area (Å²) in [4.78, 5) is 0. The fourth-order valence-corrected chi connectivity index (χ4v) is 1.39. The Morgan fingerprint density at radius 1 is 1.26 bits per heavy atom. The Balaban J connectivity index is 2.26. The lowest BCUT2D eigenvalue weighted by Gasteiger charge is -2.14. The molecule has 2 unspecified atom stereocenters. The lowest BCUT2D eigenvalue weighted by molar-refractivity contribution is 0.0795. The molecule has 4 N–H and O–H groups in total. The van der Waals surface area contributed by atoms with Gasteiger partial charge in [0.05, 0.1) is 24.3 Å². The molecule has 2 atom stereocenters. The average Bonchev–Trinajstić information content (AvgIpc) is 2.45. The first kappa shape index (κ1) is 15.4. The number of nitrogens with one attached hydrogen (secondary N) is 1. The number of benzene rings is 1. The van der Waals surface area contributed by atoms with Crippen molar-refractivity contribution < 1.29 is 20.1 Å². The lowest BCUT2D eigenvalue weighted by Crippen LogP contribution is -2.37. The van der Waals surface area contributed by atoms with Gasteiger partial charge < -0.3 is 25.4 Å². The number of nitrogens with zero attached hydrogens (tertiary/aromatic N) is 1. The molecule has 1 aromatic rings. The summed E-state index contributed by atoms with van der Waals surface area (Å²) in [5, 5.41) is 38.8. The SMILES string of the molecule is N#Cc1cccc(OCC(O)CNCC(O)CO)c1. The molecule has 104 valence electrons. The number of rotatable bonds is 8. The largest absolute Gasteiger partial charge is 0.491 e. The van der Waals surface area contributed by atoms with E-state index < -0.39 is 12.2 Å². The zero-order valence-corrected chi connectivity index (χ0v) is 10.5. The van der Waals surface area contributed by atoms with Gasteiger partial charge in [0.1, 0.15) is 18.5 Å². The van der Waals surface area contributed by atoms with Crippen LogP contribution in [0.3, 0.4) is 0 Å². The van der Waals surface area contributed by atoms with E-state index >= 15 is 0 Å². The van der Waals surface area contributed by atoms with E-state index in [4.69, 9.17) is 20.2 Å². The molecule has 1 aromatic carbocycles. The maximum Gasteiger partial charge on any atom is 0.120 e. The van der Waals surface area contributed by atoms with E-state index in [1.807, 2.05) is 6.07 Å². The minimum absolute atomic E-state index is 0.0805. The number of ether oxygens (including phenoxy) is 1. The molecule has 6 heteroatoms. The van der Waals surface area contributed by atoms with E-state index in [0.29, 0.717) is 11.3 Å². The fraction of sp³-hybridized carbons (Fsp3) is 0.462.